The second kappa shape index (κ2) is 11.9. The Bertz CT molecular complexity index is 2750. The molecular formula is C44H30N4O. The molecule has 0 unspecified atom stereocenters. The minimum atomic E-state index is 0.498. The van der Waals surface area contributed by atoms with Crippen LogP contribution in [0.5, 0.6) is 0 Å². The van der Waals surface area contributed by atoms with E-state index in [0.717, 1.165) is 60.7 Å². The smallest absolute Gasteiger partial charge is 0.161 e. The van der Waals surface area contributed by atoms with Crippen molar-refractivity contribution in [3.8, 4) is 5.69 Å². The van der Waals surface area contributed by atoms with Crippen LogP contribution in [-0.2, 0) is 6.54 Å². The summed E-state index contributed by atoms with van der Waals surface area (Å²) in [5.74, 6) is 1.10. The van der Waals surface area contributed by atoms with Crippen LogP contribution in [-0.4, -0.2) is 23.0 Å². The van der Waals surface area contributed by atoms with Gasteiger partial charge in [-0.15, -0.1) is 0 Å². The fourth-order valence-electron chi connectivity index (χ4n) is 7.00. The summed E-state index contributed by atoms with van der Waals surface area (Å²) < 4.78 is 9.05. The number of furan rings is 1. The summed E-state index contributed by atoms with van der Waals surface area (Å²) in [6.07, 6.45) is 0. The van der Waals surface area contributed by atoms with E-state index in [1.54, 1.807) is 0 Å². The maximum atomic E-state index is 6.74. The van der Waals surface area contributed by atoms with E-state index < -0.39 is 0 Å². The van der Waals surface area contributed by atoms with Gasteiger partial charge in [-0.05, 0) is 47.3 Å². The highest BCUT2D eigenvalue weighted by atomic mass is 16.3. The zero-order valence-electron chi connectivity index (χ0n) is 26.6. The number of amidine groups is 2. The lowest BCUT2D eigenvalue weighted by atomic mass is 9.99. The van der Waals surface area contributed by atoms with Crippen LogP contribution in [0.1, 0.15) is 16.7 Å². The molecule has 0 aliphatic heterocycles. The summed E-state index contributed by atoms with van der Waals surface area (Å²) in [6, 6.07) is 54.1. The Morgan fingerprint density at radius 3 is 1.98 bits per heavy atom. The number of fused-ring (bicyclic) bond motifs is 10. The second-order valence-corrected chi connectivity index (χ2v) is 12.1. The molecule has 0 radical (unpaired) electrons. The Labute approximate surface area is 282 Å². The second-order valence-electron chi connectivity index (χ2n) is 12.1. The van der Waals surface area contributed by atoms with Gasteiger partial charge in [0.1, 0.15) is 5.58 Å². The minimum Gasteiger partial charge on any atom is -0.454 e. The van der Waals surface area contributed by atoms with Crippen molar-refractivity contribution in [3.05, 3.63) is 174 Å². The van der Waals surface area contributed by atoms with Crippen LogP contribution >= 0.6 is 0 Å². The van der Waals surface area contributed by atoms with E-state index in [4.69, 9.17) is 14.4 Å². The lowest BCUT2D eigenvalue weighted by Gasteiger charge is -2.11. The van der Waals surface area contributed by atoms with Crippen molar-refractivity contribution in [2.24, 2.45) is 15.0 Å². The van der Waals surface area contributed by atoms with Crippen LogP contribution in [0.25, 0.3) is 60.2 Å². The molecule has 2 heterocycles. The SMILES string of the molecule is C=N/C(=N\C(=N/Cc1ccccc1)c1ccccc1)c1cccc(-n2c3ccccc3c3c4ccccc4c4c5ccccc5oc4c32)c1. The molecule has 0 atom stereocenters. The summed E-state index contributed by atoms with van der Waals surface area (Å²) in [4.78, 5) is 14.4. The van der Waals surface area contributed by atoms with Crippen LogP contribution in [0.2, 0.25) is 0 Å². The molecule has 0 amide bonds. The van der Waals surface area contributed by atoms with Crippen LogP contribution < -0.4 is 0 Å². The van der Waals surface area contributed by atoms with Crippen LogP contribution in [0.15, 0.2) is 177 Å². The maximum absolute atomic E-state index is 6.74. The molecular weight excluding hydrogens is 601 g/mol. The van der Waals surface area contributed by atoms with Gasteiger partial charge in [-0.25, -0.2) is 9.98 Å². The van der Waals surface area contributed by atoms with Crippen molar-refractivity contribution < 1.29 is 4.42 Å². The van der Waals surface area contributed by atoms with Crippen molar-refractivity contribution in [2.45, 2.75) is 6.54 Å². The Morgan fingerprint density at radius 1 is 0.571 bits per heavy atom. The molecule has 232 valence electrons. The topological polar surface area (TPSA) is 55.1 Å². The normalized spacial score (nSPS) is 12.5. The molecule has 2 aromatic heterocycles. The Balaban J connectivity index is 1.28. The van der Waals surface area contributed by atoms with Gasteiger partial charge >= 0.3 is 0 Å². The number of hydrogen-bond acceptors (Lipinski definition) is 2. The molecule has 0 aliphatic carbocycles. The maximum Gasteiger partial charge on any atom is 0.161 e. The van der Waals surface area contributed by atoms with E-state index in [2.05, 4.69) is 101 Å². The Kier molecular flexibility index (Phi) is 6.95. The molecule has 9 rings (SSSR count). The average molecular weight is 631 g/mol. The summed E-state index contributed by atoms with van der Waals surface area (Å²) >= 11 is 0. The third-order valence-corrected chi connectivity index (χ3v) is 9.16. The Hall–Kier alpha value is -6.59. The fourth-order valence-corrected chi connectivity index (χ4v) is 7.00. The van der Waals surface area contributed by atoms with Gasteiger partial charge in [0, 0.05) is 38.4 Å². The molecule has 5 nitrogen and oxygen atoms in total. The van der Waals surface area contributed by atoms with Crippen LogP contribution in [0.3, 0.4) is 0 Å². The predicted molar refractivity (Wildman–Crippen MR) is 205 cm³/mol. The molecule has 0 spiro atoms. The molecule has 7 aromatic carbocycles. The average Bonchev–Trinajstić information content (AvgIpc) is 3.73. The molecule has 5 heteroatoms. The van der Waals surface area contributed by atoms with Crippen LogP contribution in [0.4, 0.5) is 0 Å². The van der Waals surface area contributed by atoms with Gasteiger partial charge in [-0.3, -0.25) is 4.99 Å². The number of para-hydroxylation sites is 2. The molecule has 9 aromatic rings. The van der Waals surface area contributed by atoms with Gasteiger partial charge in [0.05, 0.1) is 17.6 Å². The summed E-state index contributed by atoms with van der Waals surface area (Å²) in [7, 11) is 0. The van der Waals surface area contributed by atoms with Gasteiger partial charge in [-0.1, -0.05) is 133 Å². The number of nitrogens with zero attached hydrogens (tertiary/aromatic N) is 4. The van der Waals surface area contributed by atoms with E-state index in [9.17, 15) is 0 Å². The highest BCUT2D eigenvalue weighted by molar-refractivity contribution is 6.35. The van der Waals surface area contributed by atoms with Crippen molar-refractivity contribution in [1.29, 1.82) is 0 Å². The van der Waals surface area contributed by atoms with Gasteiger partial charge < -0.3 is 8.98 Å². The third-order valence-electron chi connectivity index (χ3n) is 9.16. The number of hydrogen-bond donors (Lipinski definition) is 0. The molecule has 0 N–H and O–H groups in total. The van der Waals surface area contributed by atoms with E-state index in [0.29, 0.717) is 18.2 Å². The fraction of sp³-hybridized carbons (Fsp3) is 0.0227. The number of aromatic nitrogens is 1. The first-order chi connectivity index (χ1) is 24.3. The summed E-state index contributed by atoms with van der Waals surface area (Å²) in [6.45, 7) is 4.44. The largest absolute Gasteiger partial charge is 0.454 e. The van der Waals surface area contributed by atoms with Crippen LogP contribution in [0, 0.1) is 0 Å². The molecule has 0 fully saturated rings. The van der Waals surface area contributed by atoms with Gasteiger partial charge in [-0.2, -0.15) is 0 Å². The molecule has 0 bridgehead atoms. The van der Waals surface area contributed by atoms with E-state index >= 15 is 0 Å². The number of rotatable bonds is 5. The first-order valence-electron chi connectivity index (χ1n) is 16.3. The molecule has 49 heavy (non-hydrogen) atoms. The summed E-state index contributed by atoms with van der Waals surface area (Å²) in [5, 5.41) is 6.93. The zero-order valence-corrected chi connectivity index (χ0v) is 26.6. The van der Waals surface area contributed by atoms with E-state index in [1.807, 2.05) is 72.8 Å². The third kappa shape index (κ3) is 4.83. The van der Waals surface area contributed by atoms with Gasteiger partial charge in [0.15, 0.2) is 17.3 Å². The zero-order chi connectivity index (χ0) is 32.7. The minimum absolute atomic E-state index is 0.498. The van der Waals surface area contributed by atoms with Gasteiger partial charge in [0.25, 0.3) is 0 Å². The first kappa shape index (κ1) is 28.6. The van der Waals surface area contributed by atoms with Crippen molar-refractivity contribution in [1.82, 2.24) is 4.57 Å². The number of benzene rings is 7. The number of aliphatic imine (C=N–C) groups is 3. The predicted octanol–water partition coefficient (Wildman–Crippen LogP) is 10.9. The Morgan fingerprint density at radius 2 is 1.20 bits per heavy atom. The molecule has 0 saturated carbocycles. The summed E-state index contributed by atoms with van der Waals surface area (Å²) in [5.41, 5.74) is 7.69. The quantitative estimate of drug-likeness (QED) is 0.138. The highest BCUT2D eigenvalue weighted by Gasteiger charge is 2.23. The van der Waals surface area contributed by atoms with Gasteiger partial charge in [0.2, 0.25) is 0 Å². The van der Waals surface area contributed by atoms with Crippen molar-refractivity contribution in [2.75, 3.05) is 0 Å². The lowest BCUT2D eigenvalue weighted by molar-refractivity contribution is 0.671. The molecule has 0 saturated heterocycles. The van der Waals surface area contributed by atoms with Crippen molar-refractivity contribution >= 4 is 72.9 Å². The molecule has 0 aliphatic rings. The van der Waals surface area contributed by atoms with Crippen molar-refractivity contribution in [3.63, 3.8) is 0 Å². The van der Waals surface area contributed by atoms with E-state index in [-0.39, 0.29) is 0 Å². The van der Waals surface area contributed by atoms with E-state index in [1.165, 1.54) is 16.2 Å². The highest BCUT2D eigenvalue weighted by Crippen LogP contribution is 2.45. The lowest BCUT2D eigenvalue weighted by Crippen LogP contribution is -2.06. The monoisotopic (exact) mass is 630 g/mol. The standard InChI is InChI=1S/C44H30N4O/c1-45-43(47-44(30-17-6-3-7-18-30)46-28-29-15-4-2-5-16-29)31-19-14-20-32(27-31)48-37-25-12-10-23-35(37)39-33-21-8-9-22-34(33)40-36-24-11-13-26-38(36)49-42(40)41(39)48/h2-27H,1,28H2/b46-44-,47-43-. The first-order valence-corrected chi connectivity index (χ1v) is 16.3.